The first-order valence-electron chi connectivity index (χ1n) is 3.14. The zero-order chi connectivity index (χ0) is 6.53. The molecule has 0 bridgehead atoms. The molecule has 0 saturated heterocycles. The van der Waals surface area contributed by atoms with E-state index < -0.39 is 0 Å². The minimum atomic E-state index is 0.506. The minimum absolute atomic E-state index is 0.506. The standard InChI is InChI=1S/C7H9NO/c9-6-8-5-7-3-1-2-4-7/h1,3,7H,2,4-5H2. The molecule has 0 N–H and O–H groups in total. The van der Waals surface area contributed by atoms with Crippen molar-refractivity contribution in [3.05, 3.63) is 12.2 Å². The smallest absolute Gasteiger partial charge is 0.211 e. The second kappa shape index (κ2) is 3.21. The van der Waals surface area contributed by atoms with E-state index in [0.29, 0.717) is 12.5 Å². The molecule has 0 fully saturated rings. The summed E-state index contributed by atoms with van der Waals surface area (Å²) in [5.74, 6) is 0.506. The second-order valence-electron chi connectivity index (χ2n) is 2.20. The molecular weight excluding hydrogens is 114 g/mol. The Labute approximate surface area is 54.3 Å². The minimum Gasteiger partial charge on any atom is -0.211 e. The molecule has 1 aliphatic rings. The third-order valence-corrected chi connectivity index (χ3v) is 1.50. The van der Waals surface area contributed by atoms with E-state index >= 15 is 0 Å². The number of isocyanates is 1. The van der Waals surface area contributed by atoms with Gasteiger partial charge in [-0.3, -0.25) is 0 Å². The van der Waals surface area contributed by atoms with Crippen LogP contribution in [0.25, 0.3) is 0 Å². The molecule has 1 unspecified atom stereocenters. The number of rotatable bonds is 2. The van der Waals surface area contributed by atoms with E-state index in [0.717, 1.165) is 12.8 Å². The highest BCUT2D eigenvalue weighted by Gasteiger charge is 2.06. The highest BCUT2D eigenvalue weighted by Crippen LogP contribution is 2.16. The van der Waals surface area contributed by atoms with Crippen molar-refractivity contribution in [3.8, 4) is 0 Å². The van der Waals surface area contributed by atoms with Gasteiger partial charge in [-0.2, -0.15) is 0 Å². The number of hydrogen-bond acceptors (Lipinski definition) is 2. The normalized spacial score (nSPS) is 23.8. The summed E-state index contributed by atoms with van der Waals surface area (Å²) in [6.45, 7) is 0.625. The van der Waals surface area contributed by atoms with Crippen LogP contribution in [0.5, 0.6) is 0 Å². The Kier molecular flexibility index (Phi) is 2.22. The lowest BCUT2D eigenvalue weighted by atomic mass is 10.1. The fraction of sp³-hybridized carbons (Fsp3) is 0.571. The Balaban J connectivity index is 2.27. The number of hydrogen-bond donors (Lipinski definition) is 0. The Bertz CT molecular complexity index is 156. The quantitative estimate of drug-likeness (QED) is 0.309. The molecule has 0 aromatic heterocycles. The van der Waals surface area contributed by atoms with E-state index in [1.54, 1.807) is 0 Å². The molecule has 0 aromatic rings. The highest BCUT2D eigenvalue weighted by molar-refractivity contribution is 5.33. The van der Waals surface area contributed by atoms with E-state index in [2.05, 4.69) is 17.1 Å². The van der Waals surface area contributed by atoms with Gasteiger partial charge in [0, 0.05) is 0 Å². The number of aliphatic imine (C=N–C) groups is 1. The van der Waals surface area contributed by atoms with E-state index in [4.69, 9.17) is 0 Å². The van der Waals surface area contributed by atoms with Crippen molar-refractivity contribution in [1.82, 2.24) is 0 Å². The van der Waals surface area contributed by atoms with Gasteiger partial charge in [0.2, 0.25) is 6.08 Å². The highest BCUT2D eigenvalue weighted by atomic mass is 16.1. The van der Waals surface area contributed by atoms with Crippen molar-refractivity contribution in [3.63, 3.8) is 0 Å². The van der Waals surface area contributed by atoms with Gasteiger partial charge in [0.25, 0.3) is 0 Å². The summed E-state index contributed by atoms with van der Waals surface area (Å²) in [7, 11) is 0. The first-order valence-corrected chi connectivity index (χ1v) is 3.14. The summed E-state index contributed by atoms with van der Waals surface area (Å²) in [6, 6.07) is 0. The Morgan fingerprint density at radius 1 is 1.78 bits per heavy atom. The molecule has 1 atom stereocenters. The largest absolute Gasteiger partial charge is 0.234 e. The predicted molar refractivity (Wildman–Crippen MR) is 34.9 cm³/mol. The molecule has 1 aliphatic carbocycles. The first-order chi connectivity index (χ1) is 4.43. The summed E-state index contributed by atoms with van der Waals surface area (Å²) in [5.41, 5.74) is 0. The SMILES string of the molecule is O=C=NCC1C=CCC1. The molecule has 0 amide bonds. The monoisotopic (exact) mass is 123 g/mol. The van der Waals surface area contributed by atoms with Crippen LogP contribution >= 0.6 is 0 Å². The van der Waals surface area contributed by atoms with Gasteiger partial charge in [-0.15, -0.1) is 0 Å². The van der Waals surface area contributed by atoms with E-state index in [9.17, 15) is 4.79 Å². The van der Waals surface area contributed by atoms with Crippen LogP contribution in [0.2, 0.25) is 0 Å². The lowest BCUT2D eigenvalue weighted by Crippen LogP contribution is -1.95. The van der Waals surface area contributed by atoms with Gasteiger partial charge in [-0.25, -0.2) is 9.79 Å². The fourth-order valence-electron chi connectivity index (χ4n) is 1.00. The van der Waals surface area contributed by atoms with Crippen molar-refractivity contribution in [2.24, 2.45) is 10.9 Å². The van der Waals surface area contributed by atoms with Crippen molar-refractivity contribution < 1.29 is 4.79 Å². The van der Waals surface area contributed by atoms with Crippen molar-refractivity contribution >= 4 is 6.08 Å². The average molecular weight is 123 g/mol. The maximum atomic E-state index is 9.65. The molecule has 0 aromatic carbocycles. The molecule has 0 radical (unpaired) electrons. The van der Waals surface area contributed by atoms with E-state index in [-0.39, 0.29) is 0 Å². The summed E-state index contributed by atoms with van der Waals surface area (Å²) in [6.07, 6.45) is 8.06. The number of allylic oxidation sites excluding steroid dienone is 1. The van der Waals surface area contributed by atoms with Gasteiger partial charge in [-0.05, 0) is 18.8 Å². The average Bonchev–Trinajstić information content (AvgIpc) is 2.34. The first kappa shape index (κ1) is 6.24. The summed E-state index contributed by atoms with van der Waals surface area (Å²) < 4.78 is 0. The van der Waals surface area contributed by atoms with Crippen LogP contribution in [-0.4, -0.2) is 12.6 Å². The summed E-state index contributed by atoms with van der Waals surface area (Å²) >= 11 is 0. The molecule has 0 spiro atoms. The predicted octanol–water partition coefficient (Wildman–Crippen LogP) is 1.29. The second-order valence-corrected chi connectivity index (χ2v) is 2.20. The molecule has 1 rings (SSSR count). The summed E-state index contributed by atoms with van der Waals surface area (Å²) in [4.78, 5) is 13.1. The van der Waals surface area contributed by atoms with E-state index in [1.807, 2.05) is 0 Å². The molecular formula is C7H9NO. The van der Waals surface area contributed by atoms with Gasteiger partial charge >= 0.3 is 0 Å². The topological polar surface area (TPSA) is 29.4 Å². The lowest BCUT2D eigenvalue weighted by molar-refractivity contribution is 0.558. The fourth-order valence-corrected chi connectivity index (χ4v) is 1.00. The third-order valence-electron chi connectivity index (χ3n) is 1.50. The van der Waals surface area contributed by atoms with Crippen molar-refractivity contribution in [2.45, 2.75) is 12.8 Å². The van der Waals surface area contributed by atoms with Crippen LogP contribution in [0.1, 0.15) is 12.8 Å². The van der Waals surface area contributed by atoms with E-state index in [1.165, 1.54) is 6.08 Å². The maximum Gasteiger partial charge on any atom is 0.234 e. The van der Waals surface area contributed by atoms with Crippen LogP contribution < -0.4 is 0 Å². The number of carbonyl (C=O) groups excluding carboxylic acids is 1. The molecule has 0 saturated carbocycles. The van der Waals surface area contributed by atoms with Gasteiger partial charge in [0.1, 0.15) is 0 Å². The molecule has 2 heteroatoms. The van der Waals surface area contributed by atoms with Crippen LogP contribution in [0, 0.1) is 5.92 Å². The zero-order valence-electron chi connectivity index (χ0n) is 5.21. The molecule has 0 heterocycles. The molecule has 48 valence electrons. The molecule has 0 aliphatic heterocycles. The Morgan fingerprint density at radius 2 is 2.67 bits per heavy atom. The van der Waals surface area contributed by atoms with Crippen LogP contribution in [-0.2, 0) is 4.79 Å². The molecule has 9 heavy (non-hydrogen) atoms. The Morgan fingerprint density at radius 3 is 3.22 bits per heavy atom. The van der Waals surface area contributed by atoms with Gasteiger partial charge in [0.15, 0.2) is 0 Å². The van der Waals surface area contributed by atoms with Gasteiger partial charge in [-0.1, -0.05) is 12.2 Å². The lowest BCUT2D eigenvalue weighted by Gasteiger charge is -1.97. The number of nitrogens with zero attached hydrogens (tertiary/aromatic N) is 1. The van der Waals surface area contributed by atoms with Crippen molar-refractivity contribution in [2.75, 3.05) is 6.54 Å². The van der Waals surface area contributed by atoms with Crippen LogP contribution in [0.3, 0.4) is 0 Å². The van der Waals surface area contributed by atoms with Crippen LogP contribution in [0.15, 0.2) is 17.1 Å². The molecule has 2 nitrogen and oxygen atoms in total. The van der Waals surface area contributed by atoms with Gasteiger partial charge in [0.05, 0.1) is 6.54 Å². The summed E-state index contributed by atoms with van der Waals surface area (Å²) in [5, 5.41) is 0. The zero-order valence-corrected chi connectivity index (χ0v) is 5.21. The Hall–Kier alpha value is -0.880. The third kappa shape index (κ3) is 1.82. The van der Waals surface area contributed by atoms with Crippen molar-refractivity contribution in [1.29, 1.82) is 0 Å². The van der Waals surface area contributed by atoms with Crippen LogP contribution in [0.4, 0.5) is 0 Å². The van der Waals surface area contributed by atoms with Gasteiger partial charge < -0.3 is 0 Å². The maximum absolute atomic E-state index is 9.65.